The average molecular weight is 413 g/mol. The fourth-order valence-corrected chi connectivity index (χ4v) is 0.975. The Labute approximate surface area is 125 Å². The summed E-state index contributed by atoms with van der Waals surface area (Å²) in [7, 11) is 0. The van der Waals surface area contributed by atoms with Crippen LogP contribution in [0.2, 0.25) is 0 Å². The first-order chi connectivity index (χ1) is 10.5. The molecule has 2 N–H and O–H groups in total. The topological polar surface area (TPSA) is 41.6 Å². The fraction of sp³-hybridized carbons (Fsp3) is 0.857. The molecule has 0 aliphatic heterocycles. The smallest absolute Gasteiger partial charge is 0.369 e. The van der Waals surface area contributed by atoms with Crippen LogP contribution in [0.4, 0.5) is 65.9 Å². The number of nitrogens with zero attached hydrogens (tertiary/aromatic N) is 2. The zero-order valence-electron chi connectivity index (χ0n) is 10.6. The van der Waals surface area contributed by atoms with E-state index in [-0.39, 0.29) is 0 Å². The molecule has 3 nitrogen and oxygen atoms in total. The summed E-state index contributed by atoms with van der Waals surface area (Å²) in [5.41, 5.74) is 3.80. The first-order valence-electron chi connectivity index (χ1n) is 4.99. The summed E-state index contributed by atoms with van der Waals surface area (Å²) in [5.74, 6) is -3.77. The predicted molar refractivity (Wildman–Crippen MR) is 46.5 cm³/mol. The maximum Gasteiger partial charge on any atom is 0.477 e. The summed E-state index contributed by atoms with van der Waals surface area (Å²) in [6, 6.07) is -21.3. The Kier molecular flexibility index (Phi) is 5.47. The molecule has 25 heavy (non-hydrogen) atoms. The van der Waals surface area contributed by atoms with Crippen LogP contribution < -0.4 is 5.73 Å². The van der Waals surface area contributed by atoms with Crippen molar-refractivity contribution < 1.29 is 65.9 Å². The third kappa shape index (κ3) is 4.25. The highest BCUT2D eigenvalue weighted by Gasteiger charge is 2.76. The number of hydrogen-bond donors (Lipinski definition) is 1. The van der Waals surface area contributed by atoms with E-state index in [1.165, 1.54) is 0 Å². The second kappa shape index (κ2) is 5.89. The molecule has 0 saturated heterocycles. The maximum atomic E-state index is 12.9. The summed E-state index contributed by atoms with van der Waals surface area (Å²) in [6.45, 7) is 0. The van der Waals surface area contributed by atoms with Gasteiger partial charge in [0, 0.05) is 0 Å². The van der Waals surface area contributed by atoms with E-state index < -0.39 is 47.5 Å². The van der Waals surface area contributed by atoms with Crippen LogP contribution in [0.5, 0.6) is 0 Å². The Morgan fingerprint density at radius 2 is 0.840 bits per heavy atom. The van der Waals surface area contributed by atoms with Crippen LogP contribution in [0.1, 0.15) is 0 Å². The van der Waals surface area contributed by atoms with Crippen LogP contribution in [0.3, 0.4) is 0 Å². The van der Waals surface area contributed by atoms with Gasteiger partial charge in [-0.15, -0.1) is 0 Å². The number of aliphatic imine (C=N–C) groups is 1. The van der Waals surface area contributed by atoms with Crippen LogP contribution in [0, 0.1) is 0 Å². The lowest BCUT2D eigenvalue weighted by molar-refractivity contribution is -0.413. The van der Waals surface area contributed by atoms with Crippen molar-refractivity contribution in [1.82, 2.24) is 4.90 Å². The minimum absolute atomic E-state index is 0.642. The molecule has 0 bridgehead atoms. The molecule has 0 amide bonds. The molecule has 0 radical (unpaired) electrons. The molecule has 0 spiro atoms. The second-order valence-electron chi connectivity index (χ2n) is 3.92. The van der Waals surface area contributed by atoms with Crippen molar-refractivity contribution >= 4 is 5.96 Å². The van der Waals surface area contributed by atoms with Gasteiger partial charge in [-0.2, -0.15) is 70.8 Å². The van der Waals surface area contributed by atoms with Gasteiger partial charge in [-0.1, -0.05) is 0 Å². The minimum Gasteiger partial charge on any atom is -0.369 e. The van der Waals surface area contributed by atoms with E-state index in [1.54, 1.807) is 0 Å². The van der Waals surface area contributed by atoms with Crippen molar-refractivity contribution in [2.24, 2.45) is 10.7 Å². The van der Waals surface area contributed by atoms with E-state index in [9.17, 15) is 65.9 Å². The number of hydrogen-bond acceptors (Lipinski definition) is 1. The Morgan fingerprint density at radius 3 is 1.04 bits per heavy atom. The number of guanidine groups is 1. The summed E-state index contributed by atoms with van der Waals surface area (Å²) < 4.78 is 184. The molecule has 0 heterocycles. The molecule has 150 valence electrons. The lowest BCUT2D eigenvalue weighted by Crippen LogP contribution is -2.68. The molecular weight excluding hydrogens is 411 g/mol. The van der Waals surface area contributed by atoms with Crippen LogP contribution in [0.25, 0.3) is 0 Å². The van der Waals surface area contributed by atoms with Gasteiger partial charge in [-0.25, -0.2) is 4.90 Å². The van der Waals surface area contributed by atoms with E-state index in [0.717, 1.165) is 0 Å². The third-order valence-electron chi connectivity index (χ3n) is 2.07. The quantitative estimate of drug-likeness (QED) is 0.328. The molecule has 0 aromatic carbocycles. The summed E-state index contributed by atoms with van der Waals surface area (Å²) >= 11 is 0. The summed E-state index contributed by atoms with van der Waals surface area (Å²) in [4.78, 5) is -2.89. The van der Waals surface area contributed by atoms with E-state index in [0.29, 0.717) is 4.99 Å². The van der Waals surface area contributed by atoms with Gasteiger partial charge in [0.05, 0.1) is 0 Å². The molecule has 0 fully saturated rings. The highest BCUT2D eigenvalue weighted by molar-refractivity contribution is 5.79. The normalized spacial score (nSPS) is 16.2. The zero-order valence-corrected chi connectivity index (χ0v) is 10.6. The number of nitrogens with two attached hydrogens (primary N) is 1. The molecule has 0 aromatic rings. The van der Waals surface area contributed by atoms with Crippen molar-refractivity contribution in [3.05, 3.63) is 0 Å². The fourth-order valence-electron chi connectivity index (χ4n) is 0.975. The molecule has 0 rings (SSSR count). The molecule has 0 saturated carbocycles. The van der Waals surface area contributed by atoms with E-state index in [1.807, 2.05) is 0 Å². The summed E-state index contributed by atoms with van der Waals surface area (Å²) in [5, 5.41) is 0. The zero-order chi connectivity index (χ0) is 20.9. The summed E-state index contributed by atoms with van der Waals surface area (Å²) in [6.07, 6.45) is -21.4. The van der Waals surface area contributed by atoms with Gasteiger partial charge < -0.3 is 5.73 Å². The van der Waals surface area contributed by atoms with Gasteiger partial charge >= 0.3 is 36.7 Å². The van der Waals surface area contributed by atoms with E-state index >= 15 is 0 Å². The largest absolute Gasteiger partial charge is 0.477 e. The van der Waals surface area contributed by atoms with E-state index in [4.69, 9.17) is 0 Å². The van der Waals surface area contributed by atoms with Gasteiger partial charge in [-0.05, 0) is 0 Å². The van der Waals surface area contributed by atoms with Gasteiger partial charge in [-0.3, -0.25) is 0 Å². The Bertz CT molecular complexity index is 483. The van der Waals surface area contributed by atoms with Crippen molar-refractivity contribution in [3.63, 3.8) is 0 Å². The number of alkyl halides is 15. The van der Waals surface area contributed by atoms with Crippen LogP contribution >= 0.6 is 0 Å². The van der Waals surface area contributed by atoms with Gasteiger partial charge in [0.1, 0.15) is 0 Å². The molecule has 0 aliphatic rings. The minimum atomic E-state index is -7.33. The Morgan fingerprint density at radius 1 is 0.560 bits per heavy atom. The molecule has 0 aromatic heterocycles. The second-order valence-corrected chi connectivity index (χ2v) is 3.92. The molecular formula is C7H2F15N3. The van der Waals surface area contributed by atoms with Crippen LogP contribution in [-0.2, 0) is 0 Å². The molecule has 0 unspecified atom stereocenters. The highest BCUT2D eigenvalue weighted by atomic mass is 19.4. The van der Waals surface area contributed by atoms with Gasteiger partial charge in [0.2, 0.25) is 5.96 Å². The lowest BCUT2D eigenvalue weighted by atomic mass is 10.3. The van der Waals surface area contributed by atoms with Gasteiger partial charge in [0.25, 0.3) is 0 Å². The molecule has 18 heteroatoms. The molecule has 0 atom stereocenters. The van der Waals surface area contributed by atoms with Crippen molar-refractivity contribution in [1.29, 1.82) is 0 Å². The Balaban J connectivity index is 6.57. The van der Waals surface area contributed by atoms with Crippen LogP contribution in [0.15, 0.2) is 4.99 Å². The predicted octanol–water partition coefficient (Wildman–Crippen LogP) is 4.07. The van der Waals surface area contributed by atoms with E-state index in [2.05, 4.69) is 5.73 Å². The first-order valence-corrected chi connectivity index (χ1v) is 4.99. The SMILES string of the molecule is NC(=NC(F)(F)C(F)(F)F)N(C(F)(F)C(F)(F)F)C(F)(F)C(F)(F)F. The lowest BCUT2D eigenvalue weighted by Gasteiger charge is -2.38. The van der Waals surface area contributed by atoms with Gasteiger partial charge in [0.15, 0.2) is 0 Å². The Hall–Kier alpha value is -1.78. The first kappa shape index (κ1) is 23.2. The number of rotatable bonds is 3. The monoisotopic (exact) mass is 413 g/mol. The van der Waals surface area contributed by atoms with Crippen molar-refractivity contribution in [2.45, 2.75) is 36.7 Å². The van der Waals surface area contributed by atoms with Crippen molar-refractivity contribution in [3.8, 4) is 0 Å². The standard InChI is InChI=1S/C7H2F15N3/c8-2(9,10)5(17,18)24-1(23)25(6(19,20)3(11,12)13)7(21,22)4(14,15)16/h(H2,23,24). The highest BCUT2D eigenvalue weighted by Crippen LogP contribution is 2.48. The average Bonchev–Trinajstić information content (AvgIpc) is 2.21. The van der Waals surface area contributed by atoms with Crippen molar-refractivity contribution in [2.75, 3.05) is 0 Å². The maximum absolute atomic E-state index is 12.9. The number of halogens is 15. The third-order valence-corrected chi connectivity index (χ3v) is 2.07. The molecule has 0 aliphatic carbocycles. The van der Waals surface area contributed by atoms with Crippen LogP contribution in [-0.4, -0.2) is 47.5 Å².